The van der Waals surface area contributed by atoms with Gasteiger partial charge in [-0.05, 0) is 44.7 Å². The van der Waals surface area contributed by atoms with Gasteiger partial charge in [-0.25, -0.2) is 4.68 Å². The second kappa shape index (κ2) is 8.14. The van der Waals surface area contributed by atoms with Crippen LogP contribution in [0, 0.1) is 6.92 Å². The molecule has 0 atom stereocenters. The maximum Gasteiger partial charge on any atom is 0.273 e. The van der Waals surface area contributed by atoms with Crippen molar-refractivity contribution in [1.29, 1.82) is 0 Å². The summed E-state index contributed by atoms with van der Waals surface area (Å²) in [6.45, 7) is 2.90. The summed E-state index contributed by atoms with van der Waals surface area (Å²) in [7, 11) is 0. The zero-order valence-electron chi connectivity index (χ0n) is 15.2. The highest BCUT2D eigenvalue weighted by Crippen LogP contribution is 2.32. The Kier molecular flexibility index (Phi) is 5.86. The van der Waals surface area contributed by atoms with E-state index in [-0.39, 0.29) is 30.4 Å². The number of rotatable bonds is 3. The van der Waals surface area contributed by atoms with Gasteiger partial charge in [-0.1, -0.05) is 5.21 Å². The van der Waals surface area contributed by atoms with E-state index in [4.69, 9.17) is 15.2 Å². The molecule has 146 valence electrons. The molecule has 2 heterocycles. The van der Waals surface area contributed by atoms with Gasteiger partial charge in [0.15, 0.2) is 17.2 Å². The molecule has 2 aromatic rings. The quantitative estimate of drug-likeness (QED) is 0.823. The molecule has 0 spiro atoms. The highest BCUT2D eigenvalue weighted by molar-refractivity contribution is 5.93. The molecule has 4 rings (SSSR count). The van der Waals surface area contributed by atoms with Gasteiger partial charge in [0.2, 0.25) is 0 Å². The third kappa shape index (κ3) is 4.01. The maximum absolute atomic E-state index is 12.6. The Balaban J connectivity index is 0.00000210. The number of nitrogens with two attached hydrogens (primary N) is 1. The largest absolute Gasteiger partial charge is 0.486 e. The number of hydrogen-bond acceptors (Lipinski definition) is 6. The molecule has 2 aliphatic rings. The van der Waals surface area contributed by atoms with Crippen LogP contribution in [0.15, 0.2) is 18.2 Å². The first kappa shape index (κ1) is 19.4. The number of benzene rings is 1. The predicted molar refractivity (Wildman–Crippen MR) is 102 cm³/mol. The van der Waals surface area contributed by atoms with Crippen molar-refractivity contribution in [3.63, 3.8) is 0 Å². The lowest BCUT2D eigenvalue weighted by Gasteiger charge is -2.26. The Morgan fingerprint density at radius 2 is 1.89 bits per heavy atom. The standard InChI is InChI=1S/C18H23N5O3.ClH/c1-11-17(18(24)20-13-4-2-12(19)3-5-13)21-22-23(11)14-6-7-15-16(10-14)26-9-8-25-15;/h6-7,10,12-13H,2-5,8-9,19H2,1H3,(H,20,24);1H. The van der Waals surface area contributed by atoms with E-state index in [1.807, 2.05) is 25.1 Å². The number of nitrogens with one attached hydrogen (secondary N) is 1. The summed E-state index contributed by atoms with van der Waals surface area (Å²) in [4.78, 5) is 12.6. The first-order valence-electron chi connectivity index (χ1n) is 9.00. The number of halogens is 1. The van der Waals surface area contributed by atoms with Crippen LogP contribution in [0.25, 0.3) is 5.69 Å². The van der Waals surface area contributed by atoms with Gasteiger partial charge in [0.1, 0.15) is 13.2 Å². The SMILES string of the molecule is Cc1c(C(=O)NC2CCC(N)CC2)nnn1-c1ccc2c(c1)OCCO2.Cl. The summed E-state index contributed by atoms with van der Waals surface area (Å²) in [5.74, 6) is 1.20. The first-order chi connectivity index (χ1) is 12.6. The van der Waals surface area contributed by atoms with Crippen LogP contribution in [0.2, 0.25) is 0 Å². The Morgan fingerprint density at radius 1 is 1.19 bits per heavy atom. The fourth-order valence-corrected chi connectivity index (χ4v) is 3.47. The number of fused-ring (bicyclic) bond motifs is 1. The summed E-state index contributed by atoms with van der Waals surface area (Å²) in [6.07, 6.45) is 3.69. The van der Waals surface area contributed by atoms with Crippen molar-refractivity contribution < 1.29 is 14.3 Å². The highest BCUT2D eigenvalue weighted by Gasteiger charge is 2.24. The molecule has 1 aromatic heterocycles. The molecule has 1 aromatic carbocycles. The number of aromatic nitrogens is 3. The number of ether oxygens (including phenoxy) is 2. The molecule has 1 aliphatic heterocycles. The van der Waals surface area contributed by atoms with E-state index < -0.39 is 0 Å². The maximum atomic E-state index is 12.6. The average Bonchev–Trinajstić information content (AvgIpc) is 3.05. The molecule has 3 N–H and O–H groups in total. The first-order valence-corrected chi connectivity index (χ1v) is 9.00. The van der Waals surface area contributed by atoms with Crippen LogP contribution in [-0.2, 0) is 0 Å². The number of nitrogens with zero attached hydrogens (tertiary/aromatic N) is 3. The Morgan fingerprint density at radius 3 is 2.63 bits per heavy atom. The lowest BCUT2D eigenvalue weighted by atomic mass is 9.92. The van der Waals surface area contributed by atoms with Crippen molar-refractivity contribution in [2.24, 2.45) is 5.73 Å². The normalized spacial score (nSPS) is 21.3. The van der Waals surface area contributed by atoms with Crippen LogP contribution in [-0.4, -0.2) is 46.2 Å². The van der Waals surface area contributed by atoms with E-state index in [9.17, 15) is 4.79 Å². The van der Waals surface area contributed by atoms with Crippen LogP contribution < -0.4 is 20.5 Å². The summed E-state index contributed by atoms with van der Waals surface area (Å²) in [6, 6.07) is 5.97. The minimum Gasteiger partial charge on any atom is -0.486 e. The molecule has 0 radical (unpaired) electrons. The smallest absolute Gasteiger partial charge is 0.273 e. The van der Waals surface area contributed by atoms with Gasteiger partial charge in [0, 0.05) is 18.2 Å². The van der Waals surface area contributed by atoms with Crippen molar-refractivity contribution in [3.8, 4) is 17.2 Å². The van der Waals surface area contributed by atoms with E-state index in [0.29, 0.717) is 36.1 Å². The topological polar surface area (TPSA) is 104 Å². The molecule has 0 unspecified atom stereocenters. The Labute approximate surface area is 163 Å². The van der Waals surface area contributed by atoms with E-state index in [0.717, 1.165) is 31.4 Å². The van der Waals surface area contributed by atoms with Crippen molar-refractivity contribution in [3.05, 3.63) is 29.6 Å². The molecule has 1 fully saturated rings. The van der Waals surface area contributed by atoms with Crippen molar-refractivity contribution in [2.75, 3.05) is 13.2 Å². The molecule has 0 saturated heterocycles. The summed E-state index contributed by atoms with van der Waals surface area (Å²) in [5, 5.41) is 11.3. The van der Waals surface area contributed by atoms with Crippen LogP contribution in [0.5, 0.6) is 11.5 Å². The molecule has 0 bridgehead atoms. The zero-order chi connectivity index (χ0) is 18.1. The third-order valence-corrected chi connectivity index (χ3v) is 4.99. The van der Waals surface area contributed by atoms with Crippen molar-refractivity contribution in [1.82, 2.24) is 20.3 Å². The van der Waals surface area contributed by atoms with Gasteiger partial charge in [0.25, 0.3) is 5.91 Å². The third-order valence-electron chi connectivity index (χ3n) is 4.99. The molecule has 27 heavy (non-hydrogen) atoms. The Bertz CT molecular complexity index is 817. The minimum atomic E-state index is -0.188. The summed E-state index contributed by atoms with van der Waals surface area (Å²) < 4.78 is 12.8. The number of carbonyl (C=O) groups excluding carboxylic acids is 1. The fraction of sp³-hybridized carbons (Fsp3) is 0.500. The van der Waals surface area contributed by atoms with Gasteiger partial charge in [-0.3, -0.25) is 4.79 Å². The predicted octanol–water partition coefficient (Wildman–Crippen LogP) is 1.77. The number of carbonyl (C=O) groups is 1. The van der Waals surface area contributed by atoms with Gasteiger partial charge in [-0.15, -0.1) is 17.5 Å². The van der Waals surface area contributed by atoms with Crippen LogP contribution >= 0.6 is 12.4 Å². The van der Waals surface area contributed by atoms with E-state index in [1.54, 1.807) is 4.68 Å². The molecule has 8 nitrogen and oxygen atoms in total. The zero-order valence-corrected chi connectivity index (χ0v) is 16.0. The molecular weight excluding hydrogens is 370 g/mol. The second-order valence-electron chi connectivity index (χ2n) is 6.85. The lowest BCUT2D eigenvalue weighted by Crippen LogP contribution is -2.40. The van der Waals surface area contributed by atoms with Crippen LogP contribution in [0.4, 0.5) is 0 Å². The van der Waals surface area contributed by atoms with Gasteiger partial charge in [0.05, 0.1) is 11.4 Å². The fourth-order valence-electron chi connectivity index (χ4n) is 3.47. The summed E-state index contributed by atoms with van der Waals surface area (Å²) >= 11 is 0. The van der Waals surface area contributed by atoms with Crippen molar-refractivity contribution in [2.45, 2.75) is 44.7 Å². The van der Waals surface area contributed by atoms with Gasteiger partial charge >= 0.3 is 0 Å². The monoisotopic (exact) mass is 393 g/mol. The van der Waals surface area contributed by atoms with E-state index >= 15 is 0 Å². The summed E-state index contributed by atoms with van der Waals surface area (Å²) in [5.41, 5.74) is 7.73. The molecule has 1 aliphatic carbocycles. The van der Waals surface area contributed by atoms with Crippen LogP contribution in [0.3, 0.4) is 0 Å². The highest BCUT2D eigenvalue weighted by atomic mass is 35.5. The number of amides is 1. The van der Waals surface area contributed by atoms with E-state index in [1.165, 1.54) is 0 Å². The molecule has 9 heteroatoms. The number of hydrogen-bond donors (Lipinski definition) is 2. The lowest BCUT2D eigenvalue weighted by molar-refractivity contribution is 0.0920. The molecular formula is C18H24ClN5O3. The van der Waals surface area contributed by atoms with Gasteiger partial charge < -0.3 is 20.5 Å². The van der Waals surface area contributed by atoms with Gasteiger partial charge in [-0.2, -0.15) is 0 Å². The second-order valence-corrected chi connectivity index (χ2v) is 6.85. The molecule has 1 amide bonds. The minimum absolute atomic E-state index is 0. The Hall–Kier alpha value is -2.32. The van der Waals surface area contributed by atoms with Crippen LogP contribution in [0.1, 0.15) is 41.9 Å². The average molecular weight is 394 g/mol. The molecule has 1 saturated carbocycles. The van der Waals surface area contributed by atoms with E-state index in [2.05, 4.69) is 15.6 Å². The van der Waals surface area contributed by atoms with Crippen molar-refractivity contribution >= 4 is 18.3 Å².